The molecule has 0 amide bonds. The minimum absolute atomic E-state index is 0.571. The van der Waals surface area contributed by atoms with E-state index in [1.165, 1.54) is 0 Å². The van der Waals surface area contributed by atoms with Crippen molar-refractivity contribution < 1.29 is 0 Å². The van der Waals surface area contributed by atoms with E-state index in [0.717, 1.165) is 6.42 Å². The molecule has 10 heavy (non-hydrogen) atoms. The molecule has 1 unspecified atom stereocenters. The van der Waals surface area contributed by atoms with Crippen molar-refractivity contribution in [1.29, 1.82) is 0 Å². The molecule has 0 aliphatic heterocycles. The minimum Gasteiger partial charge on any atom is -0.247 e. The Hall–Kier alpha value is -0.860. The summed E-state index contributed by atoms with van der Waals surface area (Å²) in [5.74, 6) is 0.571. The molecule has 3 nitrogen and oxygen atoms in total. The Kier molecular flexibility index (Phi) is 2.42. The SMILES string of the molecule is CCC(C)[CH]n1ccnn1. The molecule has 1 atom stereocenters. The smallest absolute Gasteiger partial charge is 0.0789 e. The van der Waals surface area contributed by atoms with Crippen molar-refractivity contribution in [3.05, 3.63) is 18.9 Å². The van der Waals surface area contributed by atoms with Crippen LogP contribution >= 0.6 is 0 Å². The summed E-state index contributed by atoms with van der Waals surface area (Å²) in [6.07, 6.45) is 4.66. The van der Waals surface area contributed by atoms with Gasteiger partial charge in [0.1, 0.15) is 0 Å². The van der Waals surface area contributed by atoms with Gasteiger partial charge in [0, 0.05) is 6.20 Å². The molecule has 55 valence electrons. The van der Waals surface area contributed by atoms with Crippen LogP contribution in [0.25, 0.3) is 0 Å². The van der Waals surface area contributed by atoms with Crippen molar-refractivity contribution in [3.8, 4) is 0 Å². The highest BCUT2D eigenvalue weighted by atomic mass is 15.4. The maximum atomic E-state index is 3.82. The van der Waals surface area contributed by atoms with Gasteiger partial charge in [0.05, 0.1) is 12.7 Å². The molecule has 0 saturated carbocycles. The van der Waals surface area contributed by atoms with E-state index in [-0.39, 0.29) is 0 Å². The summed E-state index contributed by atoms with van der Waals surface area (Å²) in [6.45, 7) is 6.35. The molecule has 1 rings (SSSR count). The first kappa shape index (κ1) is 7.25. The molecular weight excluding hydrogens is 126 g/mol. The maximum absolute atomic E-state index is 3.82. The van der Waals surface area contributed by atoms with Crippen molar-refractivity contribution in [2.24, 2.45) is 5.92 Å². The van der Waals surface area contributed by atoms with Crippen LogP contribution < -0.4 is 0 Å². The van der Waals surface area contributed by atoms with Gasteiger partial charge in [-0.3, -0.25) is 0 Å². The first-order valence-corrected chi connectivity index (χ1v) is 3.53. The van der Waals surface area contributed by atoms with E-state index >= 15 is 0 Å². The van der Waals surface area contributed by atoms with E-state index in [4.69, 9.17) is 0 Å². The van der Waals surface area contributed by atoms with Crippen molar-refractivity contribution in [2.45, 2.75) is 20.3 Å². The fraction of sp³-hybridized carbons (Fsp3) is 0.571. The Labute approximate surface area is 61.1 Å². The molecule has 0 aromatic carbocycles. The van der Waals surface area contributed by atoms with Crippen molar-refractivity contribution in [1.82, 2.24) is 15.0 Å². The quantitative estimate of drug-likeness (QED) is 0.631. The molecule has 0 aliphatic carbocycles. The molecular formula is C7H12N3. The Morgan fingerprint density at radius 3 is 3.00 bits per heavy atom. The zero-order valence-corrected chi connectivity index (χ0v) is 6.36. The van der Waals surface area contributed by atoms with Crippen LogP contribution in [0.4, 0.5) is 0 Å². The van der Waals surface area contributed by atoms with Gasteiger partial charge in [0.15, 0.2) is 0 Å². The predicted octanol–water partition coefficient (Wildman–Crippen LogP) is 1.33. The molecule has 0 saturated heterocycles. The molecule has 0 bridgehead atoms. The fourth-order valence-electron chi connectivity index (χ4n) is 0.663. The largest absolute Gasteiger partial charge is 0.247 e. The average Bonchev–Trinajstić information content (AvgIpc) is 2.40. The van der Waals surface area contributed by atoms with Gasteiger partial charge in [-0.15, -0.1) is 5.10 Å². The van der Waals surface area contributed by atoms with E-state index < -0.39 is 0 Å². The molecule has 1 aromatic heterocycles. The molecule has 3 heteroatoms. The predicted molar refractivity (Wildman–Crippen MR) is 39.2 cm³/mol. The van der Waals surface area contributed by atoms with Gasteiger partial charge in [0.25, 0.3) is 0 Å². The summed E-state index contributed by atoms with van der Waals surface area (Å²) in [5.41, 5.74) is 0. The van der Waals surface area contributed by atoms with Crippen LogP contribution in [0, 0.1) is 12.5 Å². The number of hydrogen-bond donors (Lipinski definition) is 0. The van der Waals surface area contributed by atoms with Crippen LogP contribution in [0.15, 0.2) is 12.4 Å². The van der Waals surface area contributed by atoms with Gasteiger partial charge in [-0.2, -0.15) is 0 Å². The van der Waals surface area contributed by atoms with Crippen molar-refractivity contribution >= 4 is 0 Å². The highest BCUT2D eigenvalue weighted by molar-refractivity contribution is 4.77. The van der Waals surface area contributed by atoms with Gasteiger partial charge in [-0.1, -0.05) is 25.5 Å². The Morgan fingerprint density at radius 2 is 2.50 bits per heavy atom. The van der Waals surface area contributed by atoms with E-state index in [1.54, 1.807) is 10.9 Å². The van der Waals surface area contributed by atoms with Gasteiger partial charge in [-0.05, 0) is 5.92 Å². The van der Waals surface area contributed by atoms with E-state index in [1.807, 2.05) is 12.7 Å². The molecule has 1 radical (unpaired) electrons. The lowest BCUT2D eigenvalue weighted by molar-refractivity contribution is 0.562. The van der Waals surface area contributed by atoms with Crippen LogP contribution in [0.5, 0.6) is 0 Å². The van der Waals surface area contributed by atoms with Crippen LogP contribution in [0.3, 0.4) is 0 Å². The Morgan fingerprint density at radius 1 is 1.70 bits per heavy atom. The summed E-state index contributed by atoms with van der Waals surface area (Å²) >= 11 is 0. The molecule has 0 aliphatic rings. The normalized spacial score (nSPS) is 13.4. The first-order chi connectivity index (χ1) is 4.83. The second-order valence-corrected chi connectivity index (χ2v) is 2.42. The van der Waals surface area contributed by atoms with Gasteiger partial charge < -0.3 is 0 Å². The van der Waals surface area contributed by atoms with Crippen LogP contribution in [-0.4, -0.2) is 15.0 Å². The molecule has 0 spiro atoms. The van der Waals surface area contributed by atoms with E-state index in [9.17, 15) is 0 Å². The fourth-order valence-corrected chi connectivity index (χ4v) is 0.663. The van der Waals surface area contributed by atoms with Gasteiger partial charge in [0.2, 0.25) is 0 Å². The third-order valence-electron chi connectivity index (χ3n) is 1.49. The highest BCUT2D eigenvalue weighted by Gasteiger charge is 1.99. The molecule has 1 heterocycles. The zero-order chi connectivity index (χ0) is 7.40. The topological polar surface area (TPSA) is 30.7 Å². The van der Waals surface area contributed by atoms with E-state index in [2.05, 4.69) is 24.2 Å². The lowest BCUT2D eigenvalue weighted by Gasteiger charge is -2.04. The standard InChI is InChI=1S/C7H12N3/c1-3-7(2)6-10-5-4-8-9-10/h4-7H,3H2,1-2H3. The summed E-state index contributed by atoms with van der Waals surface area (Å²) in [6, 6.07) is 0. The van der Waals surface area contributed by atoms with Crippen LogP contribution in [0.1, 0.15) is 20.3 Å². The lowest BCUT2D eigenvalue weighted by atomic mass is 10.1. The van der Waals surface area contributed by atoms with Crippen LogP contribution in [0.2, 0.25) is 0 Å². The zero-order valence-electron chi connectivity index (χ0n) is 6.36. The Balaban J connectivity index is 2.40. The second kappa shape index (κ2) is 3.34. The molecule has 0 N–H and O–H groups in total. The average molecular weight is 138 g/mol. The van der Waals surface area contributed by atoms with Gasteiger partial charge >= 0.3 is 0 Å². The van der Waals surface area contributed by atoms with Crippen molar-refractivity contribution in [2.75, 3.05) is 0 Å². The lowest BCUT2D eigenvalue weighted by Crippen LogP contribution is -2.03. The number of aromatic nitrogens is 3. The maximum Gasteiger partial charge on any atom is 0.0789 e. The van der Waals surface area contributed by atoms with E-state index in [0.29, 0.717) is 5.92 Å². The second-order valence-electron chi connectivity index (χ2n) is 2.42. The monoisotopic (exact) mass is 138 g/mol. The summed E-state index contributed by atoms with van der Waals surface area (Å²) in [5, 5.41) is 7.51. The van der Waals surface area contributed by atoms with Crippen LogP contribution in [-0.2, 0) is 0 Å². The number of hydrogen-bond acceptors (Lipinski definition) is 2. The Bertz CT molecular complexity index is 169. The third kappa shape index (κ3) is 1.83. The third-order valence-corrected chi connectivity index (χ3v) is 1.49. The number of rotatable bonds is 3. The molecule has 1 aromatic rings. The first-order valence-electron chi connectivity index (χ1n) is 3.53. The number of nitrogens with zero attached hydrogens (tertiary/aromatic N) is 3. The minimum atomic E-state index is 0.571. The summed E-state index contributed by atoms with van der Waals surface area (Å²) in [7, 11) is 0. The summed E-state index contributed by atoms with van der Waals surface area (Å²) < 4.78 is 1.74. The highest BCUT2D eigenvalue weighted by Crippen LogP contribution is 2.04. The summed E-state index contributed by atoms with van der Waals surface area (Å²) in [4.78, 5) is 0. The van der Waals surface area contributed by atoms with Crippen molar-refractivity contribution in [3.63, 3.8) is 0 Å². The van der Waals surface area contributed by atoms with Gasteiger partial charge in [-0.25, -0.2) is 4.68 Å². The molecule has 0 fully saturated rings.